The highest BCUT2D eigenvalue weighted by atomic mass is 16.5. The summed E-state index contributed by atoms with van der Waals surface area (Å²) >= 11 is 0. The van der Waals surface area contributed by atoms with E-state index in [4.69, 9.17) is 15.2 Å². The van der Waals surface area contributed by atoms with Gasteiger partial charge in [-0.1, -0.05) is 26.0 Å². The Balaban J connectivity index is 1.86. The van der Waals surface area contributed by atoms with Crippen LogP contribution in [-0.2, 0) is 4.74 Å². The van der Waals surface area contributed by atoms with Crippen LogP contribution in [0.15, 0.2) is 24.3 Å². The van der Waals surface area contributed by atoms with Crippen molar-refractivity contribution in [1.82, 2.24) is 0 Å². The van der Waals surface area contributed by atoms with Gasteiger partial charge >= 0.3 is 0 Å². The smallest absolute Gasteiger partial charge is 0.119 e. The minimum Gasteiger partial charge on any atom is -0.497 e. The maximum Gasteiger partial charge on any atom is 0.119 e. The molecule has 0 spiro atoms. The fraction of sp³-hybridized carbons (Fsp3) is 0.647. The van der Waals surface area contributed by atoms with Gasteiger partial charge in [0.25, 0.3) is 0 Å². The quantitative estimate of drug-likeness (QED) is 0.895. The van der Waals surface area contributed by atoms with Crippen LogP contribution in [0.2, 0.25) is 0 Å². The molecule has 1 aromatic rings. The summed E-state index contributed by atoms with van der Waals surface area (Å²) in [6.45, 7) is 5.21. The molecular weight excluding hydrogens is 250 g/mol. The Morgan fingerprint density at radius 2 is 1.90 bits per heavy atom. The van der Waals surface area contributed by atoms with E-state index in [2.05, 4.69) is 13.8 Å². The molecule has 0 heterocycles. The molecule has 0 aliphatic heterocycles. The van der Waals surface area contributed by atoms with Crippen molar-refractivity contribution in [2.45, 2.75) is 45.3 Å². The molecule has 3 heteroatoms. The van der Waals surface area contributed by atoms with Gasteiger partial charge in [-0.2, -0.15) is 0 Å². The van der Waals surface area contributed by atoms with Crippen molar-refractivity contribution < 1.29 is 9.47 Å². The van der Waals surface area contributed by atoms with E-state index in [0.29, 0.717) is 12.7 Å². The molecule has 1 aliphatic rings. The molecule has 0 radical (unpaired) electrons. The normalized spacial score (nSPS) is 28.1. The van der Waals surface area contributed by atoms with E-state index < -0.39 is 0 Å². The summed E-state index contributed by atoms with van der Waals surface area (Å²) in [5.41, 5.74) is 7.30. The van der Waals surface area contributed by atoms with Crippen LogP contribution in [0.5, 0.6) is 5.75 Å². The number of hydrogen-bond donors (Lipinski definition) is 1. The summed E-state index contributed by atoms with van der Waals surface area (Å²) in [6.07, 6.45) is 4.01. The van der Waals surface area contributed by atoms with E-state index in [0.717, 1.165) is 36.0 Å². The number of ether oxygens (including phenoxy) is 2. The average molecular weight is 277 g/mol. The van der Waals surface area contributed by atoms with Gasteiger partial charge in [-0.3, -0.25) is 0 Å². The molecule has 2 rings (SSSR count). The van der Waals surface area contributed by atoms with Crippen molar-refractivity contribution in [2.24, 2.45) is 17.6 Å². The van der Waals surface area contributed by atoms with Crippen LogP contribution in [-0.4, -0.2) is 19.8 Å². The fourth-order valence-corrected chi connectivity index (χ4v) is 3.22. The van der Waals surface area contributed by atoms with Crippen molar-refractivity contribution in [3.63, 3.8) is 0 Å². The fourth-order valence-electron chi connectivity index (χ4n) is 3.22. The Bertz CT molecular complexity index is 411. The predicted octanol–water partition coefficient (Wildman–Crippen LogP) is 3.54. The van der Waals surface area contributed by atoms with Crippen LogP contribution in [0.3, 0.4) is 0 Å². The van der Waals surface area contributed by atoms with E-state index in [1.807, 2.05) is 24.3 Å². The predicted molar refractivity (Wildman–Crippen MR) is 81.8 cm³/mol. The molecule has 20 heavy (non-hydrogen) atoms. The molecule has 3 nitrogen and oxygen atoms in total. The third kappa shape index (κ3) is 4.22. The van der Waals surface area contributed by atoms with Crippen LogP contribution < -0.4 is 10.5 Å². The van der Waals surface area contributed by atoms with Gasteiger partial charge in [0.05, 0.1) is 25.9 Å². The Labute approximate surface area is 122 Å². The summed E-state index contributed by atoms with van der Waals surface area (Å²) in [5.74, 6) is 2.37. The molecule has 3 unspecified atom stereocenters. The summed E-state index contributed by atoms with van der Waals surface area (Å²) < 4.78 is 11.3. The van der Waals surface area contributed by atoms with Crippen molar-refractivity contribution >= 4 is 0 Å². The number of rotatable bonds is 5. The first-order valence-corrected chi connectivity index (χ1v) is 7.59. The van der Waals surface area contributed by atoms with Crippen LogP contribution in [0.4, 0.5) is 0 Å². The van der Waals surface area contributed by atoms with Gasteiger partial charge in [-0.15, -0.1) is 0 Å². The van der Waals surface area contributed by atoms with Gasteiger partial charge in [0.2, 0.25) is 0 Å². The molecular formula is C17H27NO2. The third-order valence-electron chi connectivity index (χ3n) is 4.17. The molecule has 0 amide bonds. The summed E-state index contributed by atoms with van der Waals surface area (Å²) in [7, 11) is 1.67. The molecule has 0 aromatic heterocycles. The lowest BCUT2D eigenvalue weighted by molar-refractivity contribution is -0.00528. The van der Waals surface area contributed by atoms with E-state index >= 15 is 0 Å². The summed E-state index contributed by atoms with van der Waals surface area (Å²) in [5, 5.41) is 0. The van der Waals surface area contributed by atoms with Gasteiger partial charge in [0.1, 0.15) is 5.75 Å². The molecule has 1 aromatic carbocycles. The Morgan fingerprint density at radius 1 is 1.20 bits per heavy atom. The highest BCUT2D eigenvalue weighted by Gasteiger charge is 2.24. The topological polar surface area (TPSA) is 44.5 Å². The molecule has 1 aliphatic carbocycles. The van der Waals surface area contributed by atoms with Crippen LogP contribution >= 0.6 is 0 Å². The number of nitrogens with two attached hydrogens (primary N) is 1. The zero-order chi connectivity index (χ0) is 14.5. The number of benzene rings is 1. The lowest BCUT2D eigenvalue weighted by Crippen LogP contribution is -2.29. The van der Waals surface area contributed by atoms with Crippen molar-refractivity contribution in [3.8, 4) is 5.75 Å². The van der Waals surface area contributed by atoms with Gasteiger partial charge in [-0.25, -0.2) is 0 Å². The zero-order valence-electron chi connectivity index (χ0n) is 12.8. The molecule has 1 fully saturated rings. The summed E-state index contributed by atoms with van der Waals surface area (Å²) in [6, 6.07) is 7.83. The minimum absolute atomic E-state index is 0.0855. The third-order valence-corrected chi connectivity index (χ3v) is 4.17. The first-order valence-electron chi connectivity index (χ1n) is 7.59. The van der Waals surface area contributed by atoms with Crippen LogP contribution in [0, 0.1) is 11.8 Å². The highest BCUT2D eigenvalue weighted by Crippen LogP contribution is 2.30. The van der Waals surface area contributed by atoms with Gasteiger partial charge in [0.15, 0.2) is 0 Å². The van der Waals surface area contributed by atoms with Gasteiger partial charge < -0.3 is 15.2 Å². The maximum atomic E-state index is 6.22. The van der Waals surface area contributed by atoms with Crippen molar-refractivity contribution in [1.29, 1.82) is 0 Å². The molecule has 112 valence electrons. The monoisotopic (exact) mass is 277 g/mol. The van der Waals surface area contributed by atoms with Crippen LogP contribution in [0.25, 0.3) is 0 Å². The Morgan fingerprint density at radius 3 is 2.55 bits per heavy atom. The number of methoxy groups -OCH3 is 1. The highest BCUT2D eigenvalue weighted by molar-refractivity contribution is 5.30. The molecule has 0 saturated heterocycles. The first kappa shape index (κ1) is 15.3. The van der Waals surface area contributed by atoms with Crippen molar-refractivity contribution in [2.75, 3.05) is 13.7 Å². The molecule has 0 bridgehead atoms. The lowest BCUT2D eigenvalue weighted by Gasteiger charge is -2.32. The second kappa shape index (κ2) is 7.09. The summed E-state index contributed by atoms with van der Waals surface area (Å²) in [4.78, 5) is 0. The standard InChI is InChI=1S/C17H27NO2/c1-12-7-13(2)9-16(8-12)20-11-17(18)14-5-4-6-15(10-14)19-3/h4-6,10,12-13,16-17H,7-9,11,18H2,1-3H3. The van der Waals surface area contributed by atoms with E-state index in [-0.39, 0.29) is 6.04 Å². The zero-order valence-corrected chi connectivity index (χ0v) is 12.8. The largest absolute Gasteiger partial charge is 0.497 e. The van der Waals surface area contributed by atoms with Crippen LogP contribution in [0.1, 0.15) is 44.7 Å². The van der Waals surface area contributed by atoms with E-state index in [9.17, 15) is 0 Å². The second-order valence-corrected chi connectivity index (χ2v) is 6.26. The molecule has 3 atom stereocenters. The lowest BCUT2D eigenvalue weighted by atomic mass is 9.82. The molecule has 2 N–H and O–H groups in total. The Kier molecular flexibility index (Phi) is 5.44. The molecule has 1 saturated carbocycles. The van der Waals surface area contributed by atoms with E-state index in [1.165, 1.54) is 6.42 Å². The van der Waals surface area contributed by atoms with E-state index in [1.54, 1.807) is 7.11 Å². The van der Waals surface area contributed by atoms with Gasteiger partial charge in [0, 0.05) is 0 Å². The second-order valence-electron chi connectivity index (χ2n) is 6.26. The minimum atomic E-state index is -0.0855. The average Bonchev–Trinajstić information content (AvgIpc) is 2.44. The number of hydrogen-bond acceptors (Lipinski definition) is 3. The first-order chi connectivity index (χ1) is 9.58. The van der Waals surface area contributed by atoms with Crippen molar-refractivity contribution in [3.05, 3.63) is 29.8 Å². The van der Waals surface area contributed by atoms with Gasteiger partial charge in [-0.05, 0) is 48.8 Å². The maximum absolute atomic E-state index is 6.22. The Hall–Kier alpha value is -1.06. The SMILES string of the molecule is COc1cccc(C(N)COC2CC(C)CC(C)C2)c1.